The van der Waals surface area contributed by atoms with E-state index in [-0.39, 0.29) is 54.8 Å². The zero-order valence-electron chi connectivity index (χ0n) is 24.8. The third-order valence-corrected chi connectivity index (χ3v) is 12.4. The molecule has 0 saturated heterocycles. The molecule has 0 fully saturated rings. The smallest absolute Gasteiger partial charge is 0.512 e. The average Bonchev–Trinajstić information content (AvgIpc) is 2.87. The molecule has 0 amide bonds. The van der Waals surface area contributed by atoms with Crippen LogP contribution in [0.4, 0.5) is 0 Å². The summed E-state index contributed by atoms with van der Waals surface area (Å²) in [6.45, 7) is 18.8. The van der Waals surface area contributed by atoms with Gasteiger partial charge in [-0.25, -0.2) is 0 Å². The number of nitrogens with zero attached hydrogens (tertiary/aromatic N) is 1. The minimum atomic E-state index is -0.715. The van der Waals surface area contributed by atoms with Crippen LogP contribution < -0.4 is 20.7 Å². The van der Waals surface area contributed by atoms with Gasteiger partial charge in [0, 0.05) is 37.7 Å². The molecule has 4 aromatic carbocycles. The van der Waals surface area contributed by atoms with E-state index in [1.54, 1.807) is 0 Å². The van der Waals surface area contributed by atoms with Crippen molar-refractivity contribution in [3.63, 3.8) is 0 Å². The first-order chi connectivity index (χ1) is 17.2. The second kappa shape index (κ2) is 19.6. The summed E-state index contributed by atoms with van der Waals surface area (Å²) in [6.07, 6.45) is 0. The molecular formula is C33H38CuLi2NSi2. The molecule has 0 N–H and O–H groups in total. The third-order valence-electron chi connectivity index (χ3n) is 5.75. The van der Waals surface area contributed by atoms with Crippen molar-refractivity contribution in [2.45, 2.75) is 51.6 Å². The molecule has 6 heteroatoms. The predicted molar refractivity (Wildman–Crippen MR) is 172 cm³/mol. The Labute approximate surface area is 275 Å². The largest absolute Gasteiger partial charge is 1.00 e. The minimum Gasteiger partial charge on any atom is -0.512 e. The number of rotatable bonds is 4. The first kappa shape index (κ1) is 39.7. The van der Waals surface area contributed by atoms with Gasteiger partial charge in [-0.15, -0.1) is 0 Å². The molecule has 0 heterocycles. The zero-order valence-corrected chi connectivity index (χ0v) is 27.7. The van der Waals surface area contributed by atoms with Crippen LogP contribution in [0.3, 0.4) is 0 Å². The summed E-state index contributed by atoms with van der Waals surface area (Å²) in [6, 6.07) is 43.7. The quantitative estimate of drug-likeness (QED) is 0.230. The Morgan fingerprint density at radius 2 is 0.564 bits per heavy atom. The summed E-state index contributed by atoms with van der Waals surface area (Å²) >= 11 is 0. The second-order valence-electron chi connectivity index (χ2n) is 10.7. The summed E-state index contributed by atoms with van der Waals surface area (Å²) in [5.74, 6) is 0. The van der Waals surface area contributed by atoms with Crippen LogP contribution in [0.2, 0.25) is 10.1 Å². The second-order valence-corrected chi connectivity index (χ2v) is 17.5. The topological polar surface area (TPSA) is 23.8 Å². The van der Waals surface area contributed by atoms with Crippen LogP contribution in [0.25, 0.3) is 0 Å². The van der Waals surface area contributed by atoms with Gasteiger partial charge >= 0.3 is 17.1 Å². The van der Waals surface area contributed by atoms with Gasteiger partial charge in [0.15, 0.2) is 0 Å². The Morgan fingerprint density at radius 1 is 0.410 bits per heavy atom. The Kier molecular flexibility index (Phi) is 19.9. The van der Waals surface area contributed by atoms with Gasteiger partial charge in [0.05, 0.1) is 0 Å². The van der Waals surface area contributed by atoms with Crippen LogP contribution in [0, 0.1) is 11.8 Å². The van der Waals surface area contributed by atoms with Crippen molar-refractivity contribution in [1.29, 1.82) is 5.26 Å². The van der Waals surface area contributed by atoms with Gasteiger partial charge in [0.25, 0.3) is 0 Å². The molecule has 0 aliphatic heterocycles. The fourth-order valence-corrected chi connectivity index (χ4v) is 10.7. The summed E-state index contributed by atoms with van der Waals surface area (Å²) in [4.78, 5) is 0. The van der Waals surface area contributed by atoms with Crippen molar-refractivity contribution in [3.05, 3.63) is 128 Å². The molecule has 196 valence electrons. The predicted octanol–water partition coefficient (Wildman–Crippen LogP) is 5.52. The van der Waals surface area contributed by atoms with Crippen molar-refractivity contribution < 1.29 is 17.1 Å². The molecule has 0 unspecified atom stereocenters. The molecule has 0 saturated carbocycles. The van der Waals surface area contributed by atoms with E-state index in [9.17, 15) is 0 Å². The van der Waals surface area contributed by atoms with Gasteiger partial charge in [-0.1, -0.05) is 184 Å². The van der Waals surface area contributed by atoms with Crippen LogP contribution in [0.15, 0.2) is 121 Å². The maximum Gasteiger partial charge on any atom is 1.00 e. The summed E-state index contributed by atoms with van der Waals surface area (Å²) in [5, 5.41) is 12.9. The molecule has 1 nitrogen and oxygen atoms in total. The molecule has 4 aromatic rings. The van der Waals surface area contributed by atoms with Crippen LogP contribution in [-0.4, -0.2) is 55.3 Å². The van der Waals surface area contributed by atoms with E-state index in [4.69, 9.17) is 11.8 Å². The van der Waals surface area contributed by atoms with E-state index >= 15 is 0 Å². The van der Waals surface area contributed by atoms with Crippen molar-refractivity contribution in [3.8, 4) is 0 Å². The molecule has 0 spiro atoms. The molecule has 0 aromatic heterocycles. The minimum absolute atomic E-state index is 0. The van der Waals surface area contributed by atoms with E-state index in [0.29, 0.717) is 10.1 Å². The SMILES string of the molecule is CC(C)(C)[Si](c1ccccc1)c1ccccc1.CC(C)(C)[Si](c1ccccc1)c1ccccc1.[C-]#N.[Cu+].[Li].[Li]. The van der Waals surface area contributed by atoms with Gasteiger partial charge in [-0.05, 0) is 10.1 Å². The molecule has 39 heavy (non-hydrogen) atoms. The number of benzene rings is 4. The van der Waals surface area contributed by atoms with E-state index in [0.717, 1.165) is 0 Å². The summed E-state index contributed by atoms with van der Waals surface area (Å²) < 4.78 is 0. The van der Waals surface area contributed by atoms with E-state index in [1.807, 2.05) is 0 Å². The average molecular weight is 582 g/mol. The number of hydrogen-bond acceptors (Lipinski definition) is 1. The van der Waals surface area contributed by atoms with E-state index < -0.39 is 17.6 Å². The first-order valence-corrected chi connectivity index (χ1v) is 15.4. The van der Waals surface area contributed by atoms with Crippen molar-refractivity contribution in [2.75, 3.05) is 0 Å². The molecule has 0 aliphatic carbocycles. The van der Waals surface area contributed by atoms with Gasteiger partial charge in [0.1, 0.15) is 17.6 Å². The third kappa shape index (κ3) is 12.7. The maximum absolute atomic E-state index is 6.25. The summed E-state index contributed by atoms with van der Waals surface area (Å²) in [7, 11) is -1.43. The Bertz CT molecular complexity index is 990. The summed E-state index contributed by atoms with van der Waals surface area (Å²) in [5.41, 5.74) is 0. The molecule has 0 bridgehead atoms. The molecule has 4 radical (unpaired) electrons. The van der Waals surface area contributed by atoms with E-state index in [2.05, 4.69) is 163 Å². The molecule has 0 aliphatic rings. The van der Waals surface area contributed by atoms with Crippen LogP contribution in [-0.2, 0) is 17.1 Å². The van der Waals surface area contributed by atoms with Crippen LogP contribution in [0.5, 0.6) is 0 Å². The van der Waals surface area contributed by atoms with Gasteiger partial charge < -0.3 is 11.8 Å². The normalized spacial score (nSPS) is 10.3. The Balaban J connectivity index is 0. The van der Waals surface area contributed by atoms with Crippen molar-refractivity contribution >= 4 is 76.1 Å². The number of hydrogen-bond donors (Lipinski definition) is 0. The standard InChI is InChI=1S/2C16H19Si.CN.Cu.2Li/c2*1-16(2,3)17(14-10-6-4-7-11-14)15-12-8-5-9-13-15;1-2;;;/h2*4-13H,1-3H3;;;;/q;;-1;+1;;. The van der Waals surface area contributed by atoms with E-state index in [1.165, 1.54) is 20.7 Å². The zero-order chi connectivity index (χ0) is 26.6. The monoisotopic (exact) mass is 581 g/mol. The fraction of sp³-hybridized carbons (Fsp3) is 0.242. The first-order valence-electron chi connectivity index (χ1n) is 12.4. The Morgan fingerprint density at radius 3 is 0.692 bits per heavy atom. The van der Waals surface area contributed by atoms with Gasteiger partial charge in [-0.3, -0.25) is 0 Å². The van der Waals surface area contributed by atoms with Crippen LogP contribution in [0.1, 0.15) is 41.5 Å². The van der Waals surface area contributed by atoms with Crippen LogP contribution >= 0.6 is 0 Å². The fourth-order valence-electron chi connectivity index (χ4n) is 4.48. The molecule has 0 atom stereocenters. The molecular weight excluding hydrogens is 544 g/mol. The maximum atomic E-state index is 6.25. The molecule has 4 rings (SSSR count). The van der Waals surface area contributed by atoms with Gasteiger partial charge in [-0.2, -0.15) is 0 Å². The van der Waals surface area contributed by atoms with Gasteiger partial charge in [0.2, 0.25) is 0 Å². The van der Waals surface area contributed by atoms with Crippen molar-refractivity contribution in [1.82, 2.24) is 0 Å². The van der Waals surface area contributed by atoms with Crippen molar-refractivity contribution in [2.24, 2.45) is 0 Å². The Hall–Kier alpha value is -1.48.